The summed E-state index contributed by atoms with van der Waals surface area (Å²) in [5, 5.41) is 12.8. The molecule has 1 N–H and O–H groups in total. The van der Waals surface area contributed by atoms with Gasteiger partial charge in [0.15, 0.2) is 11.5 Å². The van der Waals surface area contributed by atoms with Crippen LogP contribution in [0.1, 0.15) is 0 Å². The summed E-state index contributed by atoms with van der Waals surface area (Å²) < 4.78 is 14.4. The molecule has 6 heteroatoms. The predicted molar refractivity (Wildman–Crippen MR) is 165 cm³/mol. The standard InChI is InChI=1S/C36H23N3O3/c40-31-22-33-28(27-14-4-5-18-32(27)41-33)21-34(31)42-36-38-35-26(15-9-17-30(35)39(36)25-12-2-1-3-13-25)23-10-8-11-24(20-23)29-16-6-7-19-37-29/h1-22,40H. The van der Waals surface area contributed by atoms with E-state index in [-0.39, 0.29) is 5.75 Å². The molecule has 5 aromatic carbocycles. The van der Waals surface area contributed by atoms with Crippen LogP contribution in [0.4, 0.5) is 0 Å². The maximum atomic E-state index is 11.0. The first-order valence-electron chi connectivity index (χ1n) is 13.6. The van der Waals surface area contributed by atoms with Crippen LogP contribution in [0.25, 0.3) is 61.0 Å². The predicted octanol–water partition coefficient (Wildman–Crippen LogP) is 9.15. The van der Waals surface area contributed by atoms with Gasteiger partial charge in [0.05, 0.1) is 16.9 Å². The Kier molecular flexibility index (Phi) is 5.50. The highest BCUT2D eigenvalue weighted by atomic mass is 16.5. The number of furan rings is 1. The zero-order valence-electron chi connectivity index (χ0n) is 22.3. The average molecular weight is 546 g/mol. The van der Waals surface area contributed by atoms with E-state index < -0.39 is 0 Å². The zero-order valence-corrected chi connectivity index (χ0v) is 22.3. The normalized spacial score (nSPS) is 11.4. The summed E-state index contributed by atoms with van der Waals surface area (Å²) >= 11 is 0. The van der Waals surface area contributed by atoms with E-state index in [0.29, 0.717) is 17.3 Å². The minimum atomic E-state index is -0.0310. The van der Waals surface area contributed by atoms with Crippen LogP contribution in [-0.4, -0.2) is 19.6 Å². The van der Waals surface area contributed by atoms with Crippen LogP contribution in [0, 0.1) is 0 Å². The van der Waals surface area contributed by atoms with E-state index in [1.807, 2.05) is 102 Å². The second-order valence-electron chi connectivity index (χ2n) is 10.1. The Balaban J connectivity index is 1.31. The number of imidazole rings is 1. The number of nitrogens with zero attached hydrogens (tertiary/aromatic N) is 3. The highest BCUT2D eigenvalue weighted by Gasteiger charge is 2.20. The molecule has 0 radical (unpaired) electrons. The van der Waals surface area contributed by atoms with Crippen LogP contribution >= 0.6 is 0 Å². The van der Waals surface area contributed by atoms with E-state index in [9.17, 15) is 5.11 Å². The molecule has 0 aliphatic heterocycles. The third-order valence-corrected chi connectivity index (χ3v) is 7.46. The number of phenolic OH excluding ortho intramolecular Hbond substituents is 1. The lowest BCUT2D eigenvalue weighted by Crippen LogP contribution is -1.98. The van der Waals surface area contributed by atoms with E-state index >= 15 is 0 Å². The van der Waals surface area contributed by atoms with Gasteiger partial charge in [0, 0.05) is 34.2 Å². The second kappa shape index (κ2) is 9.64. The molecule has 0 bridgehead atoms. The van der Waals surface area contributed by atoms with Crippen molar-refractivity contribution < 1.29 is 14.3 Å². The van der Waals surface area contributed by atoms with Gasteiger partial charge in [0.25, 0.3) is 0 Å². The highest BCUT2D eigenvalue weighted by molar-refractivity contribution is 6.06. The Morgan fingerprint density at radius 3 is 2.36 bits per heavy atom. The molecular weight excluding hydrogens is 522 g/mol. The molecular formula is C36H23N3O3. The van der Waals surface area contributed by atoms with Gasteiger partial charge in [-0.3, -0.25) is 9.55 Å². The number of hydrogen-bond acceptors (Lipinski definition) is 5. The van der Waals surface area contributed by atoms with Crippen molar-refractivity contribution in [2.24, 2.45) is 0 Å². The summed E-state index contributed by atoms with van der Waals surface area (Å²) in [5.74, 6) is 0.261. The lowest BCUT2D eigenvalue weighted by molar-refractivity contribution is 0.390. The van der Waals surface area contributed by atoms with Crippen LogP contribution in [-0.2, 0) is 0 Å². The average Bonchev–Trinajstić information content (AvgIpc) is 3.59. The molecule has 0 saturated carbocycles. The minimum Gasteiger partial charge on any atom is -0.504 e. The molecule has 0 aliphatic carbocycles. The second-order valence-corrected chi connectivity index (χ2v) is 10.1. The molecule has 0 unspecified atom stereocenters. The molecule has 0 amide bonds. The number of hydrogen-bond donors (Lipinski definition) is 1. The lowest BCUT2D eigenvalue weighted by Gasteiger charge is -2.11. The Hall–Kier alpha value is -5.88. The van der Waals surface area contributed by atoms with Gasteiger partial charge >= 0.3 is 6.01 Å². The highest BCUT2D eigenvalue weighted by Crippen LogP contribution is 2.41. The van der Waals surface area contributed by atoms with Gasteiger partial charge in [-0.1, -0.05) is 72.8 Å². The van der Waals surface area contributed by atoms with Gasteiger partial charge in [-0.2, -0.15) is 4.98 Å². The monoisotopic (exact) mass is 545 g/mol. The van der Waals surface area contributed by atoms with Gasteiger partial charge < -0.3 is 14.3 Å². The first-order valence-corrected chi connectivity index (χ1v) is 13.6. The number of aromatic hydroxyl groups is 1. The van der Waals surface area contributed by atoms with Gasteiger partial charge in [-0.05, 0) is 54.1 Å². The Morgan fingerprint density at radius 2 is 1.48 bits per heavy atom. The number of benzene rings is 5. The van der Waals surface area contributed by atoms with Crippen molar-refractivity contribution in [3.05, 3.63) is 134 Å². The van der Waals surface area contributed by atoms with Crippen LogP contribution in [0.5, 0.6) is 17.5 Å². The van der Waals surface area contributed by atoms with Gasteiger partial charge in [-0.15, -0.1) is 0 Å². The van der Waals surface area contributed by atoms with Crippen molar-refractivity contribution in [1.82, 2.24) is 14.5 Å². The summed E-state index contributed by atoms with van der Waals surface area (Å²) in [6, 6.07) is 41.8. The van der Waals surface area contributed by atoms with Crippen LogP contribution in [0.3, 0.4) is 0 Å². The van der Waals surface area contributed by atoms with E-state index in [4.69, 9.17) is 14.1 Å². The summed E-state index contributed by atoms with van der Waals surface area (Å²) in [6.07, 6.45) is 1.80. The number of fused-ring (bicyclic) bond motifs is 4. The van der Waals surface area contributed by atoms with Crippen LogP contribution < -0.4 is 4.74 Å². The van der Waals surface area contributed by atoms with Crippen molar-refractivity contribution >= 4 is 33.0 Å². The zero-order chi connectivity index (χ0) is 28.0. The third kappa shape index (κ3) is 3.97. The molecule has 200 valence electrons. The lowest BCUT2D eigenvalue weighted by atomic mass is 10.0. The minimum absolute atomic E-state index is 0.0310. The van der Waals surface area contributed by atoms with E-state index in [1.54, 1.807) is 12.3 Å². The fourth-order valence-electron chi connectivity index (χ4n) is 5.51. The molecule has 42 heavy (non-hydrogen) atoms. The first-order chi connectivity index (χ1) is 20.7. The van der Waals surface area contributed by atoms with Crippen LogP contribution in [0.15, 0.2) is 138 Å². The largest absolute Gasteiger partial charge is 0.504 e. The molecule has 3 heterocycles. The Labute approximate surface area is 240 Å². The summed E-state index contributed by atoms with van der Waals surface area (Å²) in [5.41, 5.74) is 7.80. The van der Waals surface area contributed by atoms with E-state index in [0.717, 1.165) is 55.5 Å². The smallest absolute Gasteiger partial charge is 0.307 e. The quantitative estimate of drug-likeness (QED) is 0.233. The van der Waals surface area contributed by atoms with E-state index in [1.165, 1.54) is 0 Å². The van der Waals surface area contributed by atoms with Crippen molar-refractivity contribution in [3.63, 3.8) is 0 Å². The number of aromatic nitrogens is 3. The Bertz CT molecular complexity index is 2240. The fraction of sp³-hybridized carbons (Fsp3) is 0. The fourth-order valence-corrected chi connectivity index (χ4v) is 5.51. The van der Waals surface area contributed by atoms with Crippen molar-refractivity contribution in [2.45, 2.75) is 0 Å². The molecule has 0 aliphatic rings. The SMILES string of the molecule is Oc1cc2oc3ccccc3c2cc1Oc1nc2c(-c3cccc(-c4ccccn4)c3)cccc2n1-c1ccccc1. The number of ether oxygens (including phenoxy) is 1. The maximum Gasteiger partial charge on any atom is 0.307 e. The summed E-state index contributed by atoms with van der Waals surface area (Å²) in [7, 11) is 0. The van der Waals surface area contributed by atoms with Crippen molar-refractivity contribution in [2.75, 3.05) is 0 Å². The third-order valence-electron chi connectivity index (χ3n) is 7.46. The molecule has 0 fully saturated rings. The maximum absolute atomic E-state index is 11.0. The number of phenols is 1. The van der Waals surface area contributed by atoms with Gasteiger partial charge in [0.2, 0.25) is 0 Å². The molecule has 0 spiro atoms. The molecule has 8 rings (SSSR count). The number of rotatable bonds is 5. The van der Waals surface area contributed by atoms with Crippen molar-refractivity contribution in [3.8, 4) is 45.6 Å². The Morgan fingerprint density at radius 1 is 0.667 bits per heavy atom. The first kappa shape index (κ1) is 24.0. The summed E-state index contributed by atoms with van der Waals surface area (Å²) in [6.45, 7) is 0. The topological polar surface area (TPSA) is 73.3 Å². The molecule has 0 atom stereocenters. The summed E-state index contributed by atoms with van der Waals surface area (Å²) in [4.78, 5) is 9.55. The number of para-hydroxylation sites is 3. The van der Waals surface area contributed by atoms with Gasteiger partial charge in [0.1, 0.15) is 16.7 Å². The van der Waals surface area contributed by atoms with Crippen molar-refractivity contribution in [1.29, 1.82) is 0 Å². The molecule has 0 saturated heterocycles. The van der Waals surface area contributed by atoms with E-state index in [2.05, 4.69) is 29.2 Å². The molecule has 6 nitrogen and oxygen atoms in total. The molecule has 3 aromatic heterocycles. The van der Waals surface area contributed by atoms with Gasteiger partial charge in [-0.25, -0.2) is 0 Å². The molecule has 8 aromatic rings. The van der Waals surface area contributed by atoms with Crippen LogP contribution in [0.2, 0.25) is 0 Å². The number of pyridine rings is 1.